The van der Waals surface area contributed by atoms with Gasteiger partial charge in [0.1, 0.15) is 5.75 Å². The Morgan fingerprint density at radius 1 is 1.15 bits per heavy atom. The van der Waals surface area contributed by atoms with Gasteiger partial charge in [0.25, 0.3) is 0 Å². The number of ether oxygens (including phenoxy) is 1. The van der Waals surface area contributed by atoms with Crippen LogP contribution in [0, 0.1) is 13.8 Å². The van der Waals surface area contributed by atoms with E-state index in [1.807, 2.05) is 62.5 Å². The zero-order valence-electron chi connectivity index (χ0n) is 15.1. The van der Waals surface area contributed by atoms with Crippen LogP contribution >= 0.6 is 0 Å². The van der Waals surface area contributed by atoms with E-state index >= 15 is 0 Å². The predicted octanol–water partition coefficient (Wildman–Crippen LogP) is 3.57. The van der Waals surface area contributed by atoms with E-state index < -0.39 is 0 Å². The molecule has 5 heteroatoms. The van der Waals surface area contributed by atoms with E-state index in [0.717, 1.165) is 22.6 Å². The molecule has 1 amide bonds. The van der Waals surface area contributed by atoms with E-state index in [4.69, 9.17) is 4.74 Å². The number of nitrogens with zero attached hydrogens (tertiary/aromatic N) is 2. The third kappa shape index (κ3) is 4.72. The van der Waals surface area contributed by atoms with E-state index in [-0.39, 0.29) is 5.91 Å². The third-order valence-electron chi connectivity index (χ3n) is 4.06. The van der Waals surface area contributed by atoms with Gasteiger partial charge in [0, 0.05) is 18.3 Å². The fourth-order valence-corrected chi connectivity index (χ4v) is 2.68. The van der Waals surface area contributed by atoms with Crippen molar-refractivity contribution in [1.29, 1.82) is 0 Å². The van der Waals surface area contributed by atoms with Gasteiger partial charge in [-0.05, 0) is 37.6 Å². The molecule has 0 aliphatic rings. The summed E-state index contributed by atoms with van der Waals surface area (Å²) >= 11 is 0. The molecule has 0 aliphatic carbocycles. The third-order valence-corrected chi connectivity index (χ3v) is 4.06. The Hall–Kier alpha value is -3.08. The second-order valence-electron chi connectivity index (χ2n) is 6.27. The molecule has 0 saturated heterocycles. The number of amides is 1. The van der Waals surface area contributed by atoms with Gasteiger partial charge in [0.15, 0.2) is 0 Å². The number of hydrogen-bond acceptors (Lipinski definition) is 3. The minimum atomic E-state index is -0.0396. The zero-order chi connectivity index (χ0) is 18.4. The molecule has 1 N–H and O–H groups in total. The Morgan fingerprint density at radius 3 is 2.73 bits per heavy atom. The lowest BCUT2D eigenvalue weighted by molar-refractivity contribution is -0.121. The average Bonchev–Trinajstić information content (AvgIpc) is 3.12. The Morgan fingerprint density at radius 2 is 1.96 bits per heavy atom. The van der Waals surface area contributed by atoms with Crippen LogP contribution in [-0.4, -0.2) is 22.3 Å². The lowest BCUT2D eigenvalue weighted by atomic mass is 10.1. The number of carbonyl (C=O) groups excluding carboxylic acids is 1. The van der Waals surface area contributed by atoms with Crippen molar-refractivity contribution in [3.8, 4) is 11.4 Å². The molecule has 1 aromatic heterocycles. The number of hydrogen-bond donors (Lipinski definition) is 1. The number of aromatic nitrogens is 2. The Bertz CT molecular complexity index is 872. The van der Waals surface area contributed by atoms with Crippen LogP contribution in [0.15, 0.2) is 60.9 Å². The van der Waals surface area contributed by atoms with E-state index in [9.17, 15) is 4.79 Å². The number of carbonyl (C=O) groups is 1. The quantitative estimate of drug-likeness (QED) is 0.709. The molecule has 0 aliphatic heterocycles. The van der Waals surface area contributed by atoms with Gasteiger partial charge in [0.05, 0.1) is 24.9 Å². The zero-order valence-corrected chi connectivity index (χ0v) is 15.1. The number of rotatable bonds is 7. The number of para-hydroxylation sites is 1. The summed E-state index contributed by atoms with van der Waals surface area (Å²) in [5.74, 6) is 0.787. The van der Waals surface area contributed by atoms with Crippen molar-refractivity contribution in [3.63, 3.8) is 0 Å². The highest BCUT2D eigenvalue weighted by Gasteiger charge is 2.06. The van der Waals surface area contributed by atoms with Crippen molar-refractivity contribution in [2.24, 2.45) is 0 Å². The van der Waals surface area contributed by atoms with E-state index in [1.165, 1.54) is 5.56 Å². The first-order chi connectivity index (χ1) is 12.6. The van der Waals surface area contributed by atoms with Gasteiger partial charge >= 0.3 is 0 Å². The fourth-order valence-electron chi connectivity index (χ4n) is 2.68. The molecule has 0 unspecified atom stereocenters. The van der Waals surface area contributed by atoms with Gasteiger partial charge in [-0.2, -0.15) is 5.10 Å². The summed E-state index contributed by atoms with van der Waals surface area (Å²) in [4.78, 5) is 12.0. The molecule has 1 heterocycles. The maximum Gasteiger partial charge on any atom is 0.223 e. The monoisotopic (exact) mass is 349 g/mol. The van der Waals surface area contributed by atoms with Crippen LogP contribution in [0.1, 0.15) is 23.1 Å². The molecular weight excluding hydrogens is 326 g/mol. The molecule has 0 fully saturated rings. The topological polar surface area (TPSA) is 56.1 Å². The molecular formula is C21H23N3O2. The number of aryl methyl sites for hydroxylation is 2. The van der Waals surface area contributed by atoms with Crippen molar-refractivity contribution < 1.29 is 9.53 Å². The van der Waals surface area contributed by atoms with Gasteiger partial charge in [-0.15, -0.1) is 0 Å². The summed E-state index contributed by atoms with van der Waals surface area (Å²) in [5, 5.41) is 7.23. The summed E-state index contributed by atoms with van der Waals surface area (Å²) < 4.78 is 7.50. The first kappa shape index (κ1) is 17.7. The molecule has 0 spiro atoms. The maximum atomic E-state index is 12.0. The standard InChI is InChI=1S/C21H23N3O2/c1-16-8-9-20(17(2)12-16)26-11-10-21(25)22-13-18-14-23-24(15-18)19-6-4-3-5-7-19/h3-9,12,14-15H,10-11,13H2,1-2H3,(H,22,25). The van der Waals surface area contributed by atoms with Crippen molar-refractivity contribution in [1.82, 2.24) is 15.1 Å². The van der Waals surface area contributed by atoms with Crippen LogP contribution in [0.3, 0.4) is 0 Å². The normalized spacial score (nSPS) is 10.5. The van der Waals surface area contributed by atoms with Crippen molar-refractivity contribution in [2.45, 2.75) is 26.8 Å². The van der Waals surface area contributed by atoms with Crippen molar-refractivity contribution >= 4 is 5.91 Å². The Kier molecular flexibility index (Phi) is 5.69. The molecule has 3 rings (SSSR count). The number of benzene rings is 2. The molecule has 26 heavy (non-hydrogen) atoms. The van der Waals surface area contributed by atoms with Crippen molar-refractivity contribution in [2.75, 3.05) is 6.61 Å². The van der Waals surface area contributed by atoms with Crippen molar-refractivity contribution in [3.05, 3.63) is 77.6 Å². The smallest absolute Gasteiger partial charge is 0.223 e. The minimum Gasteiger partial charge on any atom is -0.493 e. The number of nitrogens with one attached hydrogen (secondary N) is 1. The van der Waals surface area contributed by atoms with E-state index in [0.29, 0.717) is 19.6 Å². The second kappa shape index (κ2) is 8.34. The van der Waals surface area contributed by atoms with Gasteiger partial charge in [-0.3, -0.25) is 4.79 Å². The lowest BCUT2D eigenvalue weighted by Gasteiger charge is -2.09. The molecule has 0 bridgehead atoms. The van der Waals surface area contributed by atoms with E-state index in [1.54, 1.807) is 10.9 Å². The largest absolute Gasteiger partial charge is 0.493 e. The van der Waals surface area contributed by atoms with Gasteiger partial charge < -0.3 is 10.1 Å². The van der Waals surface area contributed by atoms with Crippen LogP contribution < -0.4 is 10.1 Å². The molecule has 0 atom stereocenters. The van der Waals surface area contributed by atoms with Crippen LogP contribution in [0.5, 0.6) is 5.75 Å². The Balaban J connectivity index is 1.44. The molecule has 3 aromatic rings. The lowest BCUT2D eigenvalue weighted by Crippen LogP contribution is -2.24. The second-order valence-corrected chi connectivity index (χ2v) is 6.27. The summed E-state index contributed by atoms with van der Waals surface area (Å²) in [7, 11) is 0. The van der Waals surface area contributed by atoms with Crippen LogP contribution in [-0.2, 0) is 11.3 Å². The first-order valence-corrected chi connectivity index (χ1v) is 8.67. The van der Waals surface area contributed by atoms with Gasteiger partial charge in [0.2, 0.25) is 5.91 Å². The van der Waals surface area contributed by atoms with Crippen LogP contribution in [0.25, 0.3) is 5.69 Å². The van der Waals surface area contributed by atoms with Gasteiger partial charge in [-0.1, -0.05) is 35.9 Å². The maximum absolute atomic E-state index is 12.0. The van der Waals surface area contributed by atoms with Crippen LogP contribution in [0.2, 0.25) is 0 Å². The summed E-state index contributed by atoms with van der Waals surface area (Å²) in [5.41, 5.74) is 4.23. The molecule has 5 nitrogen and oxygen atoms in total. The minimum absolute atomic E-state index is 0.0396. The summed E-state index contributed by atoms with van der Waals surface area (Å²) in [6.45, 7) is 4.87. The molecule has 2 aromatic carbocycles. The predicted molar refractivity (Wildman–Crippen MR) is 101 cm³/mol. The fraction of sp³-hybridized carbons (Fsp3) is 0.238. The summed E-state index contributed by atoms with van der Waals surface area (Å²) in [6.07, 6.45) is 4.00. The molecule has 0 saturated carbocycles. The Labute approximate surface area is 153 Å². The van der Waals surface area contributed by atoms with E-state index in [2.05, 4.69) is 16.5 Å². The van der Waals surface area contributed by atoms with Gasteiger partial charge in [-0.25, -0.2) is 4.68 Å². The highest BCUT2D eigenvalue weighted by molar-refractivity contribution is 5.76. The highest BCUT2D eigenvalue weighted by atomic mass is 16.5. The molecule has 134 valence electrons. The highest BCUT2D eigenvalue weighted by Crippen LogP contribution is 2.18. The average molecular weight is 349 g/mol. The molecule has 0 radical (unpaired) electrons. The SMILES string of the molecule is Cc1ccc(OCCC(=O)NCc2cnn(-c3ccccc3)c2)c(C)c1. The first-order valence-electron chi connectivity index (χ1n) is 8.67. The van der Waals surface area contributed by atoms with Crippen LogP contribution in [0.4, 0.5) is 0 Å². The summed E-state index contributed by atoms with van der Waals surface area (Å²) in [6, 6.07) is 15.9.